The summed E-state index contributed by atoms with van der Waals surface area (Å²) in [7, 11) is 0. The zero-order valence-electron chi connectivity index (χ0n) is 14.2. The second kappa shape index (κ2) is 6.08. The summed E-state index contributed by atoms with van der Waals surface area (Å²) in [6.07, 6.45) is 5.08. The fraction of sp³-hybridized carbons (Fsp3) is 0. The lowest BCUT2D eigenvalue weighted by Gasteiger charge is -2.03. The van der Waals surface area contributed by atoms with Gasteiger partial charge >= 0.3 is 0 Å². The highest BCUT2D eigenvalue weighted by Gasteiger charge is 2.16. The summed E-state index contributed by atoms with van der Waals surface area (Å²) in [5.41, 5.74) is 2.49. The first-order valence-electron chi connectivity index (χ1n) is 8.37. The number of fused-ring (bicyclic) bond motifs is 4. The third kappa shape index (κ3) is 2.31. The fourth-order valence-corrected chi connectivity index (χ4v) is 4.63. The van der Waals surface area contributed by atoms with Crippen LogP contribution in [0, 0.1) is 0 Å². The SMILES string of the molecule is c1ccc(-n2ncc3c(Sc4nnc5c6ccsc6ncn45)ncnc32)cc1. The minimum atomic E-state index is 0.697. The van der Waals surface area contributed by atoms with Crippen molar-refractivity contribution in [3.05, 3.63) is 60.6 Å². The van der Waals surface area contributed by atoms with Crippen molar-refractivity contribution in [2.24, 2.45) is 0 Å². The highest BCUT2D eigenvalue weighted by molar-refractivity contribution is 7.99. The van der Waals surface area contributed by atoms with Gasteiger partial charge in [0.15, 0.2) is 11.3 Å². The van der Waals surface area contributed by atoms with E-state index in [1.807, 2.05) is 46.2 Å². The molecular weight excluding hydrogens is 392 g/mol. The first-order chi connectivity index (χ1) is 13.9. The Hall–Kier alpha value is -3.37. The number of hydrogen-bond acceptors (Lipinski definition) is 8. The number of rotatable bonds is 3. The molecule has 8 nitrogen and oxygen atoms in total. The van der Waals surface area contributed by atoms with E-state index in [9.17, 15) is 0 Å². The second-order valence-electron chi connectivity index (χ2n) is 5.97. The first-order valence-corrected chi connectivity index (χ1v) is 10.1. The zero-order chi connectivity index (χ0) is 18.5. The van der Waals surface area contributed by atoms with Gasteiger partial charge in [-0.3, -0.25) is 4.40 Å². The average Bonchev–Trinajstić information content (AvgIpc) is 3.46. The van der Waals surface area contributed by atoms with E-state index in [1.165, 1.54) is 11.8 Å². The molecule has 5 aromatic heterocycles. The molecule has 134 valence electrons. The van der Waals surface area contributed by atoms with Crippen LogP contribution in [-0.4, -0.2) is 39.3 Å². The maximum Gasteiger partial charge on any atom is 0.203 e. The van der Waals surface area contributed by atoms with Gasteiger partial charge in [-0.1, -0.05) is 18.2 Å². The summed E-state index contributed by atoms with van der Waals surface area (Å²) in [5, 5.41) is 18.5. The number of hydrogen-bond donors (Lipinski definition) is 0. The average molecular weight is 402 g/mol. The molecule has 0 saturated heterocycles. The third-order valence-corrected chi connectivity index (χ3v) is 6.16. The van der Waals surface area contributed by atoms with Crippen molar-refractivity contribution in [2.45, 2.75) is 10.2 Å². The van der Waals surface area contributed by atoms with Crippen LogP contribution in [0.1, 0.15) is 0 Å². The van der Waals surface area contributed by atoms with Crippen LogP contribution in [-0.2, 0) is 0 Å². The fourth-order valence-electron chi connectivity index (χ4n) is 3.06. The Morgan fingerprint density at radius 1 is 0.893 bits per heavy atom. The molecule has 0 radical (unpaired) electrons. The van der Waals surface area contributed by atoms with Gasteiger partial charge in [-0.15, -0.1) is 21.5 Å². The van der Waals surface area contributed by atoms with Crippen LogP contribution in [0.25, 0.3) is 32.6 Å². The van der Waals surface area contributed by atoms with Crippen LogP contribution in [0.4, 0.5) is 0 Å². The quantitative estimate of drug-likeness (QED) is 0.418. The van der Waals surface area contributed by atoms with E-state index in [2.05, 4.69) is 30.2 Å². The Balaban J connectivity index is 1.47. The van der Waals surface area contributed by atoms with Gasteiger partial charge < -0.3 is 0 Å². The van der Waals surface area contributed by atoms with Crippen LogP contribution in [0.2, 0.25) is 0 Å². The Morgan fingerprint density at radius 3 is 2.75 bits per heavy atom. The molecule has 1 aromatic carbocycles. The van der Waals surface area contributed by atoms with Gasteiger partial charge in [-0.2, -0.15) is 5.10 Å². The lowest BCUT2D eigenvalue weighted by atomic mass is 10.3. The molecule has 0 unspecified atom stereocenters. The molecule has 0 aliphatic rings. The van der Waals surface area contributed by atoms with Crippen molar-refractivity contribution < 1.29 is 0 Å². The summed E-state index contributed by atoms with van der Waals surface area (Å²) in [6, 6.07) is 11.9. The topological polar surface area (TPSA) is 86.7 Å². The van der Waals surface area contributed by atoms with E-state index in [4.69, 9.17) is 0 Å². The number of benzene rings is 1. The number of para-hydroxylation sites is 1. The van der Waals surface area contributed by atoms with E-state index < -0.39 is 0 Å². The number of nitrogens with zero attached hydrogens (tertiary/aromatic N) is 8. The predicted octanol–water partition coefficient (Wildman–Crippen LogP) is 3.62. The van der Waals surface area contributed by atoms with Gasteiger partial charge in [-0.05, 0) is 35.3 Å². The molecule has 0 atom stereocenters. The van der Waals surface area contributed by atoms with Crippen LogP contribution >= 0.6 is 23.1 Å². The van der Waals surface area contributed by atoms with Crippen molar-refractivity contribution in [3.8, 4) is 5.69 Å². The Kier molecular flexibility index (Phi) is 3.40. The number of aromatic nitrogens is 8. The van der Waals surface area contributed by atoms with Gasteiger partial charge in [-0.25, -0.2) is 19.6 Å². The molecular formula is C18H10N8S2. The standard InChI is InChI=1S/C18H10N8S2/c1-2-4-11(5-3-1)26-14-13(8-22-26)17(20-9-19-14)28-18-24-23-15-12-6-7-27-16(12)21-10-25(15)18/h1-10H. The first kappa shape index (κ1) is 15.7. The van der Waals surface area contributed by atoms with Crippen molar-refractivity contribution in [2.75, 3.05) is 0 Å². The zero-order valence-corrected chi connectivity index (χ0v) is 15.8. The van der Waals surface area contributed by atoms with Crippen molar-refractivity contribution >= 4 is 50.0 Å². The second-order valence-corrected chi connectivity index (χ2v) is 7.82. The predicted molar refractivity (Wildman–Crippen MR) is 107 cm³/mol. The lowest BCUT2D eigenvalue weighted by Crippen LogP contribution is -1.97. The van der Waals surface area contributed by atoms with Gasteiger partial charge in [0, 0.05) is 0 Å². The van der Waals surface area contributed by atoms with E-state index in [0.29, 0.717) is 5.16 Å². The van der Waals surface area contributed by atoms with Gasteiger partial charge in [0.25, 0.3) is 0 Å². The van der Waals surface area contributed by atoms with Gasteiger partial charge in [0.05, 0.1) is 22.7 Å². The highest BCUT2D eigenvalue weighted by atomic mass is 32.2. The molecule has 0 spiro atoms. The minimum Gasteiger partial charge on any atom is -0.259 e. The van der Waals surface area contributed by atoms with Crippen LogP contribution in [0.5, 0.6) is 0 Å². The maximum atomic E-state index is 4.50. The highest BCUT2D eigenvalue weighted by Crippen LogP contribution is 2.32. The minimum absolute atomic E-state index is 0.697. The molecule has 10 heteroatoms. The van der Waals surface area contributed by atoms with E-state index in [-0.39, 0.29) is 0 Å². The monoisotopic (exact) mass is 402 g/mol. The maximum absolute atomic E-state index is 4.50. The van der Waals surface area contributed by atoms with E-state index >= 15 is 0 Å². The van der Waals surface area contributed by atoms with Crippen molar-refractivity contribution in [1.82, 2.24) is 39.3 Å². The summed E-state index contributed by atoms with van der Waals surface area (Å²) >= 11 is 3.01. The van der Waals surface area contributed by atoms with Crippen molar-refractivity contribution in [1.29, 1.82) is 0 Å². The molecule has 5 heterocycles. The van der Waals surface area contributed by atoms with Crippen LogP contribution < -0.4 is 0 Å². The molecule has 0 saturated carbocycles. The van der Waals surface area contributed by atoms with E-state index in [1.54, 1.807) is 34.9 Å². The largest absolute Gasteiger partial charge is 0.259 e. The summed E-state index contributed by atoms with van der Waals surface area (Å²) < 4.78 is 3.69. The molecule has 6 rings (SSSR count). The smallest absolute Gasteiger partial charge is 0.203 e. The third-order valence-electron chi connectivity index (χ3n) is 4.36. The Bertz CT molecular complexity index is 1450. The Labute approximate surface area is 165 Å². The summed E-state index contributed by atoms with van der Waals surface area (Å²) in [5.74, 6) is 0. The summed E-state index contributed by atoms with van der Waals surface area (Å²) in [6.45, 7) is 0. The summed E-state index contributed by atoms with van der Waals surface area (Å²) in [4.78, 5) is 14.3. The number of thiophene rings is 1. The normalized spacial score (nSPS) is 11.7. The molecule has 0 aliphatic carbocycles. The molecule has 0 amide bonds. The molecule has 6 aromatic rings. The van der Waals surface area contributed by atoms with Crippen molar-refractivity contribution in [3.63, 3.8) is 0 Å². The van der Waals surface area contributed by atoms with Gasteiger partial charge in [0.2, 0.25) is 5.16 Å². The lowest BCUT2D eigenvalue weighted by molar-refractivity contribution is 0.892. The molecule has 0 fully saturated rings. The van der Waals surface area contributed by atoms with E-state index in [0.717, 1.165) is 37.6 Å². The van der Waals surface area contributed by atoms with Crippen LogP contribution in [0.15, 0.2) is 70.8 Å². The molecule has 28 heavy (non-hydrogen) atoms. The molecule has 0 N–H and O–H groups in total. The Morgan fingerprint density at radius 2 is 1.82 bits per heavy atom. The molecule has 0 aliphatic heterocycles. The van der Waals surface area contributed by atoms with Gasteiger partial charge in [0.1, 0.15) is 22.5 Å². The van der Waals surface area contributed by atoms with Crippen LogP contribution in [0.3, 0.4) is 0 Å². The molecule has 0 bridgehead atoms.